The first-order chi connectivity index (χ1) is 7.98. The van der Waals surface area contributed by atoms with Gasteiger partial charge in [-0.1, -0.05) is 49.5 Å². The SMILES string of the molecule is CC1(C)CCCC(Nc2cccc(Cl)c2Cl)C1. The molecule has 94 valence electrons. The minimum absolute atomic E-state index is 0.432. The minimum atomic E-state index is 0.432. The first-order valence-electron chi connectivity index (χ1n) is 6.18. The second-order valence-corrected chi connectivity index (χ2v) is 6.49. The van der Waals surface area contributed by atoms with Gasteiger partial charge in [0.1, 0.15) is 0 Å². The van der Waals surface area contributed by atoms with Gasteiger partial charge in [-0.15, -0.1) is 0 Å². The molecule has 1 N–H and O–H groups in total. The largest absolute Gasteiger partial charge is 0.381 e. The number of halogens is 2. The maximum Gasteiger partial charge on any atom is 0.0823 e. The smallest absolute Gasteiger partial charge is 0.0823 e. The molecule has 0 aromatic heterocycles. The van der Waals surface area contributed by atoms with Crippen molar-refractivity contribution in [3.05, 3.63) is 28.2 Å². The van der Waals surface area contributed by atoms with Gasteiger partial charge in [-0.25, -0.2) is 0 Å². The summed E-state index contributed by atoms with van der Waals surface area (Å²) in [6.45, 7) is 4.67. The van der Waals surface area contributed by atoms with E-state index in [1.807, 2.05) is 18.2 Å². The molecule has 1 nitrogen and oxygen atoms in total. The lowest BCUT2D eigenvalue weighted by atomic mass is 9.75. The van der Waals surface area contributed by atoms with E-state index >= 15 is 0 Å². The van der Waals surface area contributed by atoms with Crippen LogP contribution in [0, 0.1) is 5.41 Å². The van der Waals surface area contributed by atoms with E-state index < -0.39 is 0 Å². The molecular weight excluding hydrogens is 253 g/mol. The molecule has 0 saturated heterocycles. The second-order valence-electron chi connectivity index (χ2n) is 5.70. The molecule has 1 saturated carbocycles. The Morgan fingerprint density at radius 3 is 2.76 bits per heavy atom. The zero-order valence-corrected chi connectivity index (χ0v) is 11.9. The van der Waals surface area contributed by atoms with Crippen molar-refractivity contribution in [1.29, 1.82) is 0 Å². The molecule has 1 fully saturated rings. The van der Waals surface area contributed by atoms with Crippen LogP contribution in [0.4, 0.5) is 5.69 Å². The number of hydrogen-bond acceptors (Lipinski definition) is 1. The first kappa shape index (κ1) is 13.0. The average Bonchev–Trinajstić information content (AvgIpc) is 2.23. The van der Waals surface area contributed by atoms with Gasteiger partial charge in [0.25, 0.3) is 0 Å². The van der Waals surface area contributed by atoms with Gasteiger partial charge in [-0.2, -0.15) is 0 Å². The van der Waals surface area contributed by atoms with Gasteiger partial charge in [0.15, 0.2) is 0 Å². The van der Waals surface area contributed by atoms with Crippen LogP contribution >= 0.6 is 23.2 Å². The van der Waals surface area contributed by atoms with Crippen molar-refractivity contribution in [3.8, 4) is 0 Å². The molecule has 0 aliphatic heterocycles. The Balaban J connectivity index is 2.08. The van der Waals surface area contributed by atoms with Gasteiger partial charge in [0.05, 0.1) is 15.7 Å². The summed E-state index contributed by atoms with van der Waals surface area (Å²) in [5.41, 5.74) is 1.39. The Morgan fingerprint density at radius 1 is 1.29 bits per heavy atom. The highest BCUT2D eigenvalue weighted by molar-refractivity contribution is 6.43. The summed E-state index contributed by atoms with van der Waals surface area (Å²) in [5.74, 6) is 0. The van der Waals surface area contributed by atoms with Crippen LogP contribution in [0.5, 0.6) is 0 Å². The van der Waals surface area contributed by atoms with E-state index in [1.54, 1.807) is 0 Å². The van der Waals surface area contributed by atoms with Crippen LogP contribution < -0.4 is 5.32 Å². The lowest BCUT2D eigenvalue weighted by Crippen LogP contribution is -2.31. The van der Waals surface area contributed by atoms with Gasteiger partial charge in [0.2, 0.25) is 0 Å². The van der Waals surface area contributed by atoms with Crippen molar-refractivity contribution in [2.45, 2.75) is 45.6 Å². The van der Waals surface area contributed by atoms with Gasteiger partial charge < -0.3 is 5.32 Å². The average molecular weight is 272 g/mol. The lowest BCUT2D eigenvalue weighted by Gasteiger charge is -2.36. The van der Waals surface area contributed by atoms with Crippen molar-refractivity contribution >= 4 is 28.9 Å². The summed E-state index contributed by atoms with van der Waals surface area (Å²) >= 11 is 12.2. The Labute approximate surface area is 114 Å². The van der Waals surface area contributed by atoms with Crippen LogP contribution in [-0.2, 0) is 0 Å². The Morgan fingerprint density at radius 2 is 2.06 bits per heavy atom. The topological polar surface area (TPSA) is 12.0 Å². The molecule has 0 radical (unpaired) electrons. The number of anilines is 1. The Hall–Kier alpha value is -0.400. The van der Waals surface area contributed by atoms with Crippen molar-refractivity contribution in [1.82, 2.24) is 0 Å². The van der Waals surface area contributed by atoms with Crippen molar-refractivity contribution in [2.75, 3.05) is 5.32 Å². The van der Waals surface area contributed by atoms with Crippen molar-refractivity contribution < 1.29 is 0 Å². The summed E-state index contributed by atoms with van der Waals surface area (Å²) in [6.07, 6.45) is 5.00. The number of rotatable bonds is 2. The van der Waals surface area contributed by atoms with Gasteiger partial charge in [-0.05, 0) is 36.8 Å². The molecule has 17 heavy (non-hydrogen) atoms. The number of benzene rings is 1. The molecule has 1 aromatic rings. The Bertz CT molecular complexity index is 401. The van der Waals surface area contributed by atoms with Crippen LogP contribution in [0.2, 0.25) is 10.0 Å². The molecule has 1 aliphatic rings. The molecule has 2 rings (SSSR count). The monoisotopic (exact) mass is 271 g/mol. The van der Waals surface area contributed by atoms with Crippen LogP contribution in [-0.4, -0.2) is 6.04 Å². The van der Waals surface area contributed by atoms with Gasteiger partial charge >= 0.3 is 0 Å². The zero-order chi connectivity index (χ0) is 12.5. The van der Waals surface area contributed by atoms with E-state index in [2.05, 4.69) is 19.2 Å². The van der Waals surface area contributed by atoms with E-state index in [9.17, 15) is 0 Å². The maximum absolute atomic E-state index is 6.19. The van der Waals surface area contributed by atoms with Crippen LogP contribution in [0.25, 0.3) is 0 Å². The second kappa shape index (κ2) is 5.07. The van der Waals surface area contributed by atoms with E-state index in [-0.39, 0.29) is 0 Å². The normalized spacial score (nSPS) is 23.4. The molecule has 3 heteroatoms. The fourth-order valence-electron chi connectivity index (χ4n) is 2.66. The predicted octanol–water partition coefficient (Wildman–Crippen LogP) is 5.37. The third-order valence-corrected chi connectivity index (χ3v) is 4.34. The standard InChI is InChI=1S/C14H19Cl2N/c1-14(2)8-4-5-10(9-14)17-12-7-3-6-11(15)13(12)16/h3,6-7,10,17H,4-5,8-9H2,1-2H3. The van der Waals surface area contributed by atoms with E-state index in [0.717, 1.165) is 5.69 Å². The summed E-state index contributed by atoms with van der Waals surface area (Å²) in [4.78, 5) is 0. The predicted molar refractivity (Wildman–Crippen MR) is 76.1 cm³/mol. The molecule has 1 aliphatic carbocycles. The maximum atomic E-state index is 6.19. The summed E-state index contributed by atoms with van der Waals surface area (Å²) < 4.78 is 0. The third-order valence-electron chi connectivity index (χ3n) is 3.52. The molecule has 1 aromatic carbocycles. The van der Waals surface area contributed by atoms with Crippen LogP contribution in [0.3, 0.4) is 0 Å². The fourth-order valence-corrected chi connectivity index (χ4v) is 3.01. The quantitative estimate of drug-likeness (QED) is 0.762. The third kappa shape index (κ3) is 3.29. The van der Waals surface area contributed by atoms with E-state index in [0.29, 0.717) is 21.5 Å². The summed E-state index contributed by atoms with van der Waals surface area (Å²) in [5, 5.41) is 4.78. The molecule has 0 bridgehead atoms. The molecule has 1 unspecified atom stereocenters. The lowest BCUT2D eigenvalue weighted by molar-refractivity contribution is 0.229. The van der Waals surface area contributed by atoms with Crippen LogP contribution in [0.15, 0.2) is 18.2 Å². The van der Waals surface area contributed by atoms with Crippen molar-refractivity contribution in [2.24, 2.45) is 5.41 Å². The molecule has 0 spiro atoms. The zero-order valence-electron chi connectivity index (χ0n) is 10.4. The Kier molecular flexibility index (Phi) is 3.89. The van der Waals surface area contributed by atoms with Crippen molar-refractivity contribution in [3.63, 3.8) is 0 Å². The van der Waals surface area contributed by atoms with E-state index in [1.165, 1.54) is 25.7 Å². The van der Waals surface area contributed by atoms with Crippen LogP contribution in [0.1, 0.15) is 39.5 Å². The molecule has 0 heterocycles. The molecule has 1 atom stereocenters. The van der Waals surface area contributed by atoms with Gasteiger partial charge in [-0.3, -0.25) is 0 Å². The first-order valence-corrected chi connectivity index (χ1v) is 6.94. The highest BCUT2D eigenvalue weighted by Crippen LogP contribution is 2.38. The highest BCUT2D eigenvalue weighted by Gasteiger charge is 2.28. The minimum Gasteiger partial charge on any atom is -0.381 e. The number of hydrogen-bond donors (Lipinski definition) is 1. The fraction of sp³-hybridized carbons (Fsp3) is 0.571. The molecular formula is C14H19Cl2N. The number of nitrogens with one attached hydrogen (secondary N) is 1. The summed E-state index contributed by atoms with van der Waals surface area (Å²) in [7, 11) is 0. The summed E-state index contributed by atoms with van der Waals surface area (Å²) in [6, 6.07) is 6.26. The highest BCUT2D eigenvalue weighted by atomic mass is 35.5. The van der Waals surface area contributed by atoms with E-state index in [4.69, 9.17) is 23.2 Å². The van der Waals surface area contributed by atoms with Gasteiger partial charge in [0, 0.05) is 6.04 Å². The molecule has 0 amide bonds.